The standard InChI is InChI=1S/C19H20ClN3O5/c20-15-4-2-1-3-14(15)18(24)12-21-16-6-5-13(11-17(16)23(26)27)19(25)22-7-9-28-10-8-22/h1-6,11,18,21,24H,7-10,12H2. The molecule has 1 saturated heterocycles. The normalized spacial score (nSPS) is 15.1. The summed E-state index contributed by atoms with van der Waals surface area (Å²) in [5.41, 5.74) is 0.754. The Kier molecular flexibility index (Phi) is 6.45. The van der Waals surface area contributed by atoms with Gasteiger partial charge in [-0.15, -0.1) is 0 Å². The lowest BCUT2D eigenvalue weighted by Crippen LogP contribution is -2.40. The first-order valence-corrected chi connectivity index (χ1v) is 9.17. The molecular weight excluding hydrogens is 386 g/mol. The summed E-state index contributed by atoms with van der Waals surface area (Å²) >= 11 is 6.06. The zero-order valence-electron chi connectivity index (χ0n) is 15.0. The second-order valence-corrected chi connectivity index (χ2v) is 6.72. The number of hydrogen-bond acceptors (Lipinski definition) is 6. The number of carbonyl (C=O) groups is 1. The van der Waals surface area contributed by atoms with E-state index >= 15 is 0 Å². The van der Waals surface area contributed by atoms with Crippen LogP contribution in [0.4, 0.5) is 11.4 Å². The molecule has 2 aromatic carbocycles. The van der Waals surface area contributed by atoms with E-state index in [0.717, 1.165) is 0 Å². The summed E-state index contributed by atoms with van der Waals surface area (Å²) < 4.78 is 5.22. The lowest BCUT2D eigenvalue weighted by molar-refractivity contribution is -0.384. The molecule has 1 unspecified atom stereocenters. The molecule has 0 aliphatic carbocycles. The number of nitro benzene ring substituents is 1. The number of carbonyl (C=O) groups excluding carboxylic acids is 1. The van der Waals surface area contributed by atoms with Crippen molar-refractivity contribution in [2.24, 2.45) is 0 Å². The topological polar surface area (TPSA) is 105 Å². The number of morpholine rings is 1. The molecule has 0 spiro atoms. The second kappa shape index (κ2) is 9.01. The van der Waals surface area contributed by atoms with Gasteiger partial charge in [0, 0.05) is 41.9 Å². The van der Waals surface area contributed by atoms with Crippen LogP contribution >= 0.6 is 11.6 Å². The zero-order valence-corrected chi connectivity index (χ0v) is 15.8. The third-order valence-corrected chi connectivity index (χ3v) is 4.83. The highest BCUT2D eigenvalue weighted by Gasteiger charge is 2.23. The molecule has 2 aromatic rings. The third-order valence-electron chi connectivity index (χ3n) is 4.49. The number of nitrogens with one attached hydrogen (secondary N) is 1. The van der Waals surface area contributed by atoms with Gasteiger partial charge < -0.3 is 20.1 Å². The van der Waals surface area contributed by atoms with Crippen LogP contribution in [0.25, 0.3) is 0 Å². The van der Waals surface area contributed by atoms with Crippen LogP contribution in [0.2, 0.25) is 5.02 Å². The van der Waals surface area contributed by atoms with Crippen molar-refractivity contribution in [1.82, 2.24) is 4.90 Å². The Hall–Kier alpha value is -2.68. The first-order valence-electron chi connectivity index (χ1n) is 8.79. The van der Waals surface area contributed by atoms with E-state index in [1.807, 2.05) is 0 Å². The Morgan fingerprint density at radius 2 is 2.00 bits per heavy atom. The summed E-state index contributed by atoms with van der Waals surface area (Å²) in [4.78, 5) is 25.1. The van der Waals surface area contributed by atoms with E-state index in [1.165, 1.54) is 18.2 Å². The summed E-state index contributed by atoms with van der Waals surface area (Å²) in [6, 6.07) is 11.1. The summed E-state index contributed by atoms with van der Waals surface area (Å²) in [5.74, 6) is -0.269. The van der Waals surface area contributed by atoms with Gasteiger partial charge in [0.1, 0.15) is 5.69 Å². The van der Waals surface area contributed by atoms with Gasteiger partial charge in [-0.1, -0.05) is 29.8 Å². The number of nitro groups is 1. The molecule has 9 heteroatoms. The number of amides is 1. The van der Waals surface area contributed by atoms with E-state index in [1.54, 1.807) is 29.2 Å². The first-order chi connectivity index (χ1) is 13.5. The molecule has 0 saturated carbocycles. The SMILES string of the molecule is O=C(c1ccc(NCC(O)c2ccccc2Cl)c([N+](=O)[O-])c1)N1CCOCC1. The lowest BCUT2D eigenvalue weighted by Gasteiger charge is -2.26. The highest BCUT2D eigenvalue weighted by molar-refractivity contribution is 6.31. The van der Waals surface area contributed by atoms with Crippen molar-refractivity contribution in [3.05, 3.63) is 68.7 Å². The molecule has 1 atom stereocenters. The number of anilines is 1. The minimum Gasteiger partial charge on any atom is -0.387 e. The molecule has 8 nitrogen and oxygen atoms in total. The van der Waals surface area contributed by atoms with E-state index < -0.39 is 11.0 Å². The molecular formula is C19H20ClN3O5. The van der Waals surface area contributed by atoms with Gasteiger partial charge in [0.15, 0.2) is 0 Å². The van der Waals surface area contributed by atoms with E-state index in [-0.39, 0.29) is 29.4 Å². The first kappa shape index (κ1) is 20.1. The van der Waals surface area contributed by atoms with E-state index in [9.17, 15) is 20.0 Å². The van der Waals surface area contributed by atoms with Crippen LogP contribution in [-0.4, -0.2) is 53.7 Å². The van der Waals surface area contributed by atoms with Crippen molar-refractivity contribution in [3.63, 3.8) is 0 Å². The fraction of sp³-hybridized carbons (Fsp3) is 0.316. The molecule has 0 radical (unpaired) electrons. The Bertz CT molecular complexity index is 870. The maximum absolute atomic E-state index is 12.5. The third kappa shape index (κ3) is 4.59. The number of aliphatic hydroxyl groups excluding tert-OH is 1. The van der Waals surface area contributed by atoms with E-state index in [0.29, 0.717) is 36.9 Å². The maximum Gasteiger partial charge on any atom is 0.293 e. The Morgan fingerprint density at radius 1 is 1.29 bits per heavy atom. The molecule has 1 amide bonds. The summed E-state index contributed by atoms with van der Waals surface area (Å²) in [6.07, 6.45) is -0.942. The number of nitrogens with zero attached hydrogens (tertiary/aromatic N) is 2. The van der Waals surface area contributed by atoms with Crippen LogP contribution in [0.3, 0.4) is 0 Å². The Morgan fingerprint density at radius 3 is 2.68 bits per heavy atom. The van der Waals surface area contributed by atoms with Crippen LogP contribution < -0.4 is 5.32 Å². The second-order valence-electron chi connectivity index (χ2n) is 6.31. The van der Waals surface area contributed by atoms with Crippen LogP contribution in [0, 0.1) is 10.1 Å². The van der Waals surface area contributed by atoms with Crippen LogP contribution in [0.5, 0.6) is 0 Å². The van der Waals surface area contributed by atoms with Gasteiger partial charge in [0.2, 0.25) is 0 Å². The van der Waals surface area contributed by atoms with Crippen molar-refractivity contribution < 1.29 is 19.6 Å². The molecule has 1 aliphatic heterocycles. The van der Waals surface area contributed by atoms with Crippen molar-refractivity contribution >= 4 is 28.9 Å². The number of benzene rings is 2. The zero-order chi connectivity index (χ0) is 20.1. The highest BCUT2D eigenvalue weighted by Crippen LogP contribution is 2.28. The number of aliphatic hydroxyl groups is 1. The Balaban J connectivity index is 1.75. The molecule has 3 rings (SSSR count). The van der Waals surface area contributed by atoms with Crippen LogP contribution in [-0.2, 0) is 4.74 Å². The quantitative estimate of drug-likeness (QED) is 0.565. The molecule has 28 heavy (non-hydrogen) atoms. The molecule has 1 aliphatic rings. The largest absolute Gasteiger partial charge is 0.387 e. The van der Waals surface area contributed by atoms with Gasteiger partial charge in [-0.25, -0.2) is 0 Å². The molecule has 0 bridgehead atoms. The maximum atomic E-state index is 12.5. The van der Waals surface area contributed by atoms with Gasteiger partial charge in [-0.05, 0) is 18.2 Å². The minimum atomic E-state index is -0.942. The average Bonchev–Trinajstić information content (AvgIpc) is 2.72. The summed E-state index contributed by atoms with van der Waals surface area (Å²) in [6.45, 7) is 1.84. The molecule has 1 heterocycles. The van der Waals surface area contributed by atoms with Gasteiger partial charge in [-0.3, -0.25) is 14.9 Å². The number of halogens is 1. The van der Waals surface area contributed by atoms with Gasteiger partial charge >= 0.3 is 0 Å². The number of hydrogen-bond donors (Lipinski definition) is 2. The highest BCUT2D eigenvalue weighted by atomic mass is 35.5. The minimum absolute atomic E-state index is 0.0291. The monoisotopic (exact) mass is 405 g/mol. The lowest BCUT2D eigenvalue weighted by atomic mass is 10.1. The fourth-order valence-electron chi connectivity index (χ4n) is 2.98. The van der Waals surface area contributed by atoms with Crippen molar-refractivity contribution in [1.29, 1.82) is 0 Å². The van der Waals surface area contributed by atoms with Crippen molar-refractivity contribution in [3.8, 4) is 0 Å². The molecule has 148 valence electrons. The molecule has 0 aromatic heterocycles. The Labute approximate surface area is 166 Å². The predicted molar refractivity (Wildman–Crippen MR) is 105 cm³/mol. The number of rotatable bonds is 6. The van der Waals surface area contributed by atoms with Gasteiger partial charge in [0.05, 0.1) is 24.2 Å². The van der Waals surface area contributed by atoms with Gasteiger partial charge in [0.25, 0.3) is 11.6 Å². The van der Waals surface area contributed by atoms with Crippen molar-refractivity contribution in [2.45, 2.75) is 6.10 Å². The van der Waals surface area contributed by atoms with E-state index in [4.69, 9.17) is 16.3 Å². The van der Waals surface area contributed by atoms with Gasteiger partial charge in [-0.2, -0.15) is 0 Å². The number of ether oxygens (including phenoxy) is 1. The van der Waals surface area contributed by atoms with E-state index in [2.05, 4.69) is 5.32 Å². The van der Waals surface area contributed by atoms with Crippen LogP contribution in [0.1, 0.15) is 22.0 Å². The fourth-order valence-corrected chi connectivity index (χ4v) is 3.24. The van der Waals surface area contributed by atoms with Crippen molar-refractivity contribution in [2.75, 3.05) is 38.2 Å². The molecule has 2 N–H and O–H groups in total. The average molecular weight is 406 g/mol. The smallest absolute Gasteiger partial charge is 0.293 e. The summed E-state index contributed by atoms with van der Waals surface area (Å²) in [5, 5.41) is 25.1. The summed E-state index contributed by atoms with van der Waals surface area (Å²) in [7, 11) is 0. The van der Waals surface area contributed by atoms with Crippen LogP contribution in [0.15, 0.2) is 42.5 Å². The molecule has 1 fully saturated rings. The predicted octanol–water partition coefficient (Wildman–Crippen LogP) is 2.87.